The Morgan fingerprint density at radius 3 is 1.22 bits per heavy atom. The van der Waals surface area contributed by atoms with Crippen LogP contribution < -0.4 is 0 Å². The van der Waals surface area contributed by atoms with Gasteiger partial charge in [-0.25, -0.2) is 0 Å². The largest absolute Gasteiger partial charge is 0.387 e. The predicted octanol–water partition coefficient (Wildman–Crippen LogP) is 4.51. The molecule has 0 radical (unpaired) electrons. The fraction of sp³-hybridized carbons (Fsp3) is 0.571. The first-order valence-corrected chi connectivity index (χ1v) is 12.7. The minimum absolute atomic E-state index is 0.397. The minimum Gasteiger partial charge on any atom is -0.387 e. The maximum Gasteiger partial charge on any atom is 0.0916 e. The van der Waals surface area contributed by atoms with Crippen LogP contribution in [0.15, 0.2) is 48.5 Å². The predicted molar refractivity (Wildman–Crippen MR) is 131 cm³/mol. The van der Waals surface area contributed by atoms with Gasteiger partial charge in [0.25, 0.3) is 0 Å². The quantitative estimate of drug-likeness (QED) is 0.607. The van der Waals surface area contributed by atoms with E-state index in [0.717, 1.165) is 63.2 Å². The third-order valence-corrected chi connectivity index (χ3v) is 7.19. The van der Waals surface area contributed by atoms with Crippen molar-refractivity contribution in [1.82, 2.24) is 9.80 Å². The van der Waals surface area contributed by atoms with Gasteiger partial charge in [-0.2, -0.15) is 0 Å². The van der Waals surface area contributed by atoms with E-state index in [0.29, 0.717) is 0 Å². The van der Waals surface area contributed by atoms with Gasteiger partial charge in [0.2, 0.25) is 0 Å². The molecule has 2 atom stereocenters. The summed E-state index contributed by atoms with van der Waals surface area (Å²) in [4.78, 5) is 4.77. The lowest BCUT2D eigenvalue weighted by Crippen LogP contribution is -2.33. The molecule has 0 aliphatic carbocycles. The van der Waals surface area contributed by atoms with E-state index in [1.165, 1.54) is 49.7 Å². The molecule has 2 aliphatic rings. The van der Waals surface area contributed by atoms with E-state index in [2.05, 4.69) is 58.3 Å². The number of likely N-dealkylation sites (tertiary alicyclic amines) is 2. The molecule has 4 nitrogen and oxygen atoms in total. The van der Waals surface area contributed by atoms with Crippen LogP contribution in [0, 0.1) is 0 Å². The van der Waals surface area contributed by atoms with Crippen LogP contribution in [0.25, 0.3) is 0 Å². The lowest BCUT2D eigenvalue weighted by Gasteiger charge is -2.28. The number of aliphatic hydroxyl groups excluding tert-OH is 2. The maximum atomic E-state index is 10.6. The lowest BCUT2D eigenvalue weighted by molar-refractivity contribution is 0.101. The molecule has 2 N–H and O–H groups in total. The average molecular weight is 437 g/mol. The summed E-state index contributed by atoms with van der Waals surface area (Å²) < 4.78 is 0. The Kier molecular flexibility index (Phi) is 8.75. The van der Waals surface area contributed by atoms with Crippen LogP contribution in [-0.2, 0) is 12.8 Å². The number of hydrogen-bond acceptors (Lipinski definition) is 4. The highest BCUT2D eigenvalue weighted by Gasteiger charge is 2.17. The maximum absolute atomic E-state index is 10.6. The SMILES string of the molecule is O[C@H](CN1CCCCC1)c1ccc(CCc2ccc([C@H](O)CN3CCCCC3)cc2)cc1. The molecule has 0 aromatic heterocycles. The van der Waals surface area contributed by atoms with Gasteiger partial charge < -0.3 is 20.0 Å². The van der Waals surface area contributed by atoms with E-state index in [-0.39, 0.29) is 0 Å². The molecule has 2 aromatic carbocycles. The number of rotatable bonds is 9. The molecular weight excluding hydrogens is 396 g/mol. The van der Waals surface area contributed by atoms with Crippen molar-refractivity contribution in [2.75, 3.05) is 39.3 Å². The zero-order valence-electron chi connectivity index (χ0n) is 19.5. The van der Waals surface area contributed by atoms with E-state index in [1.54, 1.807) is 0 Å². The molecule has 4 heteroatoms. The van der Waals surface area contributed by atoms with Crippen LogP contribution >= 0.6 is 0 Å². The second-order valence-corrected chi connectivity index (χ2v) is 9.74. The van der Waals surface area contributed by atoms with E-state index >= 15 is 0 Å². The number of aliphatic hydroxyl groups is 2. The standard InChI is InChI=1S/C28H40N2O2/c31-27(21-29-17-3-1-4-18-29)25-13-9-23(10-14-25)7-8-24-11-15-26(16-12-24)28(32)22-30-19-5-2-6-20-30/h9-16,27-28,31-32H,1-8,17-22H2/t27-,28-/m1/s1. The van der Waals surface area contributed by atoms with Gasteiger partial charge in [-0.05, 0) is 87.0 Å². The normalized spacial score (nSPS) is 20.2. The number of nitrogens with zero attached hydrogens (tertiary/aromatic N) is 2. The zero-order chi connectivity index (χ0) is 22.2. The highest BCUT2D eigenvalue weighted by Crippen LogP contribution is 2.20. The van der Waals surface area contributed by atoms with Crippen molar-refractivity contribution >= 4 is 0 Å². The number of benzene rings is 2. The van der Waals surface area contributed by atoms with Crippen LogP contribution in [0.3, 0.4) is 0 Å². The van der Waals surface area contributed by atoms with Crippen molar-refractivity contribution in [3.8, 4) is 0 Å². The summed E-state index contributed by atoms with van der Waals surface area (Å²) >= 11 is 0. The molecule has 0 unspecified atom stereocenters. The summed E-state index contributed by atoms with van der Waals surface area (Å²) in [7, 11) is 0. The Morgan fingerprint density at radius 1 is 0.531 bits per heavy atom. The number of piperidine rings is 2. The first kappa shape index (κ1) is 23.4. The summed E-state index contributed by atoms with van der Waals surface area (Å²) in [5.41, 5.74) is 4.64. The molecule has 0 saturated carbocycles. The topological polar surface area (TPSA) is 46.9 Å². The van der Waals surface area contributed by atoms with Gasteiger partial charge in [0.1, 0.15) is 0 Å². The van der Waals surface area contributed by atoms with E-state index in [4.69, 9.17) is 0 Å². The Bertz CT molecular complexity index is 724. The number of hydrogen-bond donors (Lipinski definition) is 2. The van der Waals surface area contributed by atoms with Crippen LogP contribution in [0.1, 0.15) is 73.0 Å². The smallest absolute Gasteiger partial charge is 0.0916 e. The van der Waals surface area contributed by atoms with Gasteiger partial charge in [0, 0.05) is 13.1 Å². The van der Waals surface area contributed by atoms with Crippen molar-refractivity contribution in [3.63, 3.8) is 0 Å². The second-order valence-electron chi connectivity index (χ2n) is 9.74. The second kappa shape index (κ2) is 11.9. The summed E-state index contributed by atoms with van der Waals surface area (Å²) in [6.45, 7) is 5.95. The monoisotopic (exact) mass is 436 g/mol. The number of aryl methyl sites for hydroxylation is 2. The molecule has 2 saturated heterocycles. The summed E-state index contributed by atoms with van der Waals surface area (Å²) in [6.07, 6.45) is 8.84. The van der Waals surface area contributed by atoms with Crippen molar-refractivity contribution in [2.45, 2.75) is 63.6 Å². The van der Waals surface area contributed by atoms with Gasteiger partial charge in [-0.3, -0.25) is 0 Å². The number of β-amino-alcohol motifs (C(OH)–C–C–N with tert-alkyl or cyclic N) is 2. The molecule has 2 aromatic rings. The molecule has 0 amide bonds. The zero-order valence-corrected chi connectivity index (χ0v) is 19.5. The molecule has 32 heavy (non-hydrogen) atoms. The molecule has 2 aliphatic heterocycles. The summed E-state index contributed by atoms with van der Waals surface area (Å²) in [5.74, 6) is 0. The van der Waals surface area contributed by atoms with Gasteiger partial charge >= 0.3 is 0 Å². The highest BCUT2D eigenvalue weighted by atomic mass is 16.3. The summed E-state index contributed by atoms with van der Waals surface area (Å²) in [6, 6.07) is 17.0. The highest BCUT2D eigenvalue weighted by molar-refractivity contribution is 5.28. The van der Waals surface area contributed by atoms with Gasteiger partial charge in [0.05, 0.1) is 12.2 Å². The first-order valence-electron chi connectivity index (χ1n) is 12.7. The molecule has 4 rings (SSSR count). The third-order valence-electron chi connectivity index (χ3n) is 7.19. The molecule has 0 spiro atoms. The van der Waals surface area contributed by atoms with Crippen molar-refractivity contribution in [2.24, 2.45) is 0 Å². The van der Waals surface area contributed by atoms with Gasteiger partial charge in [-0.15, -0.1) is 0 Å². The molecular formula is C28H40N2O2. The Labute approximate surface area is 193 Å². The van der Waals surface area contributed by atoms with Crippen LogP contribution in [0.4, 0.5) is 0 Å². The Hall–Kier alpha value is -1.72. The van der Waals surface area contributed by atoms with E-state index in [9.17, 15) is 10.2 Å². The minimum atomic E-state index is -0.397. The third kappa shape index (κ3) is 6.89. The molecule has 174 valence electrons. The fourth-order valence-electron chi connectivity index (χ4n) is 5.09. The summed E-state index contributed by atoms with van der Waals surface area (Å²) in [5, 5.41) is 21.2. The van der Waals surface area contributed by atoms with Gasteiger partial charge in [0.15, 0.2) is 0 Å². The van der Waals surface area contributed by atoms with Crippen molar-refractivity contribution in [1.29, 1.82) is 0 Å². The fourth-order valence-corrected chi connectivity index (χ4v) is 5.09. The lowest BCUT2D eigenvalue weighted by atomic mass is 9.99. The van der Waals surface area contributed by atoms with Crippen LogP contribution in [0.2, 0.25) is 0 Å². The Morgan fingerprint density at radius 2 is 0.875 bits per heavy atom. The van der Waals surface area contributed by atoms with Crippen molar-refractivity contribution < 1.29 is 10.2 Å². The average Bonchev–Trinajstić information content (AvgIpc) is 2.84. The van der Waals surface area contributed by atoms with E-state index in [1.807, 2.05) is 0 Å². The molecule has 2 heterocycles. The van der Waals surface area contributed by atoms with Crippen LogP contribution in [-0.4, -0.2) is 59.3 Å². The molecule has 2 fully saturated rings. The van der Waals surface area contributed by atoms with E-state index < -0.39 is 12.2 Å². The first-order chi connectivity index (χ1) is 15.7. The Balaban J connectivity index is 1.23. The van der Waals surface area contributed by atoms with Crippen molar-refractivity contribution in [3.05, 3.63) is 70.8 Å². The van der Waals surface area contributed by atoms with Crippen LogP contribution in [0.5, 0.6) is 0 Å². The van der Waals surface area contributed by atoms with Gasteiger partial charge in [-0.1, -0.05) is 61.4 Å². The molecule has 0 bridgehead atoms.